The molecule has 7 heteroatoms. The number of carbonyl (C=O) groups excluding carboxylic acids is 2. The van der Waals surface area contributed by atoms with Gasteiger partial charge < -0.3 is 10.2 Å². The molecule has 138 valence electrons. The number of rotatable bonds is 5. The minimum absolute atomic E-state index is 0.0930. The average Bonchev–Trinajstić information content (AvgIpc) is 3.25. The Hall–Kier alpha value is -1.89. The van der Waals surface area contributed by atoms with Crippen LogP contribution < -0.4 is 5.32 Å². The zero-order valence-corrected chi connectivity index (χ0v) is 15.4. The molecule has 3 rings (SSSR count). The fourth-order valence-corrected chi connectivity index (χ4v) is 3.86. The van der Waals surface area contributed by atoms with E-state index in [2.05, 4.69) is 10.4 Å². The van der Waals surface area contributed by atoms with Crippen LogP contribution in [0.15, 0.2) is 12.3 Å². The predicted octanol–water partition coefficient (Wildman–Crippen LogP) is 1.88. The lowest BCUT2D eigenvalue weighted by Crippen LogP contribution is -2.57. The highest BCUT2D eigenvalue weighted by Crippen LogP contribution is 2.25. The third kappa shape index (κ3) is 3.86. The average molecular weight is 347 g/mol. The van der Waals surface area contributed by atoms with Crippen molar-refractivity contribution in [3.05, 3.63) is 12.3 Å². The molecule has 2 fully saturated rings. The molecule has 1 aromatic rings. The molecule has 0 spiro atoms. The van der Waals surface area contributed by atoms with E-state index in [1.54, 1.807) is 16.9 Å². The van der Waals surface area contributed by atoms with Crippen LogP contribution in [0.4, 0.5) is 5.82 Å². The van der Waals surface area contributed by atoms with Crippen LogP contribution in [-0.4, -0.2) is 63.1 Å². The van der Waals surface area contributed by atoms with Crippen LogP contribution in [0.1, 0.15) is 52.5 Å². The molecule has 1 aromatic heterocycles. The summed E-state index contributed by atoms with van der Waals surface area (Å²) in [6.07, 6.45) is 6.38. The summed E-state index contributed by atoms with van der Waals surface area (Å²) in [6, 6.07) is 2.05. The number of nitrogens with zero attached hydrogens (tertiary/aromatic N) is 4. The number of piperazine rings is 1. The van der Waals surface area contributed by atoms with Gasteiger partial charge in [-0.3, -0.25) is 14.5 Å². The highest BCUT2D eigenvalue weighted by molar-refractivity contribution is 5.94. The van der Waals surface area contributed by atoms with Gasteiger partial charge in [0.1, 0.15) is 5.82 Å². The van der Waals surface area contributed by atoms with Gasteiger partial charge in [0.25, 0.3) is 0 Å². The molecular weight excluding hydrogens is 318 g/mol. The first-order valence-corrected chi connectivity index (χ1v) is 9.35. The molecule has 1 unspecified atom stereocenters. The van der Waals surface area contributed by atoms with E-state index in [4.69, 9.17) is 0 Å². The number of aromatic nitrogens is 2. The molecule has 2 heterocycles. The van der Waals surface area contributed by atoms with E-state index in [0.717, 1.165) is 25.9 Å². The summed E-state index contributed by atoms with van der Waals surface area (Å²) in [5, 5.41) is 7.18. The van der Waals surface area contributed by atoms with E-state index in [1.807, 2.05) is 30.6 Å². The van der Waals surface area contributed by atoms with Gasteiger partial charge in [-0.05, 0) is 33.6 Å². The second kappa shape index (κ2) is 7.56. The quantitative estimate of drug-likeness (QED) is 0.883. The monoisotopic (exact) mass is 347 g/mol. The topological polar surface area (TPSA) is 70.5 Å². The summed E-state index contributed by atoms with van der Waals surface area (Å²) in [4.78, 5) is 29.1. The molecule has 2 amide bonds. The van der Waals surface area contributed by atoms with Gasteiger partial charge in [0.2, 0.25) is 11.8 Å². The summed E-state index contributed by atoms with van der Waals surface area (Å²) in [5.41, 5.74) is 0. The van der Waals surface area contributed by atoms with Crippen LogP contribution in [0.5, 0.6) is 0 Å². The molecule has 1 saturated heterocycles. The Bertz CT molecular complexity index is 621. The van der Waals surface area contributed by atoms with Crippen molar-refractivity contribution >= 4 is 17.6 Å². The van der Waals surface area contributed by atoms with Crippen LogP contribution in [0.2, 0.25) is 0 Å². The largest absolute Gasteiger partial charge is 0.337 e. The van der Waals surface area contributed by atoms with Gasteiger partial charge in [0.05, 0.1) is 18.8 Å². The zero-order chi connectivity index (χ0) is 18.0. The number of amides is 2. The minimum atomic E-state index is -0.342. The second-order valence-corrected chi connectivity index (χ2v) is 7.42. The lowest BCUT2D eigenvalue weighted by atomic mass is 10.1. The van der Waals surface area contributed by atoms with Crippen molar-refractivity contribution in [3.8, 4) is 0 Å². The van der Waals surface area contributed by atoms with Gasteiger partial charge in [-0.15, -0.1) is 0 Å². The van der Waals surface area contributed by atoms with Crippen LogP contribution in [0, 0.1) is 0 Å². The van der Waals surface area contributed by atoms with Gasteiger partial charge in [-0.1, -0.05) is 12.8 Å². The van der Waals surface area contributed by atoms with Crippen molar-refractivity contribution in [2.45, 2.75) is 64.6 Å². The molecule has 2 aliphatic rings. The van der Waals surface area contributed by atoms with E-state index in [0.29, 0.717) is 18.4 Å². The second-order valence-electron chi connectivity index (χ2n) is 7.42. The first-order valence-electron chi connectivity index (χ1n) is 9.35. The predicted molar refractivity (Wildman–Crippen MR) is 96.2 cm³/mol. The van der Waals surface area contributed by atoms with Crippen molar-refractivity contribution in [3.63, 3.8) is 0 Å². The number of nitrogens with one attached hydrogen (secondary N) is 1. The summed E-state index contributed by atoms with van der Waals surface area (Å²) >= 11 is 0. The van der Waals surface area contributed by atoms with Gasteiger partial charge in [0.15, 0.2) is 0 Å². The molecule has 25 heavy (non-hydrogen) atoms. The molecule has 0 bridgehead atoms. The normalized spacial score (nSPS) is 21.1. The molecular formula is C18H29N5O2. The summed E-state index contributed by atoms with van der Waals surface area (Å²) in [6.45, 7) is 7.71. The van der Waals surface area contributed by atoms with Crippen molar-refractivity contribution in [2.24, 2.45) is 0 Å². The fraction of sp³-hybridized carbons (Fsp3) is 0.722. The highest BCUT2D eigenvalue weighted by atomic mass is 16.2. The van der Waals surface area contributed by atoms with Crippen LogP contribution in [0.25, 0.3) is 0 Å². The van der Waals surface area contributed by atoms with E-state index >= 15 is 0 Å². The maximum absolute atomic E-state index is 12.6. The fourth-order valence-electron chi connectivity index (χ4n) is 3.86. The van der Waals surface area contributed by atoms with Crippen LogP contribution >= 0.6 is 0 Å². The van der Waals surface area contributed by atoms with Crippen LogP contribution in [0.3, 0.4) is 0 Å². The van der Waals surface area contributed by atoms with Gasteiger partial charge in [-0.25, -0.2) is 4.68 Å². The first kappa shape index (κ1) is 17.9. The van der Waals surface area contributed by atoms with E-state index in [9.17, 15) is 9.59 Å². The molecule has 1 saturated carbocycles. The van der Waals surface area contributed by atoms with Crippen molar-refractivity contribution < 1.29 is 9.59 Å². The SMILES string of the molecule is CC(C(=O)Nc1ccnn1C(C)C)N1CCN(C2CCCC2)C(=O)C1. The lowest BCUT2D eigenvalue weighted by Gasteiger charge is -2.39. The highest BCUT2D eigenvalue weighted by Gasteiger charge is 2.34. The Balaban J connectivity index is 1.57. The number of hydrogen-bond acceptors (Lipinski definition) is 4. The number of anilines is 1. The lowest BCUT2D eigenvalue weighted by molar-refractivity contribution is -0.140. The molecule has 1 N–H and O–H groups in total. The van der Waals surface area contributed by atoms with Gasteiger partial charge in [0, 0.05) is 31.2 Å². The Kier molecular flexibility index (Phi) is 5.42. The molecule has 1 aliphatic heterocycles. The van der Waals surface area contributed by atoms with Crippen molar-refractivity contribution in [1.82, 2.24) is 19.6 Å². The van der Waals surface area contributed by atoms with Crippen molar-refractivity contribution in [1.29, 1.82) is 0 Å². The van der Waals surface area contributed by atoms with Gasteiger partial charge >= 0.3 is 0 Å². The van der Waals surface area contributed by atoms with Crippen molar-refractivity contribution in [2.75, 3.05) is 25.0 Å². The molecule has 7 nitrogen and oxygen atoms in total. The Morgan fingerprint density at radius 1 is 1.24 bits per heavy atom. The molecule has 0 aromatic carbocycles. The molecule has 1 aliphatic carbocycles. The molecule has 0 radical (unpaired) electrons. The standard InChI is InChI=1S/C18H29N5O2/c1-13(2)23-16(8-9-19-23)20-18(25)14(3)21-10-11-22(17(24)12-21)15-6-4-5-7-15/h8-9,13-15H,4-7,10-12H2,1-3H3,(H,20,25). The maximum Gasteiger partial charge on any atom is 0.242 e. The maximum atomic E-state index is 12.6. The Morgan fingerprint density at radius 2 is 1.96 bits per heavy atom. The van der Waals surface area contributed by atoms with Crippen LogP contribution in [-0.2, 0) is 9.59 Å². The van der Waals surface area contributed by atoms with E-state index in [1.165, 1.54) is 12.8 Å². The number of carbonyl (C=O) groups is 2. The third-order valence-corrected chi connectivity index (χ3v) is 5.39. The first-order chi connectivity index (χ1) is 12.0. The Labute approximate surface area is 149 Å². The summed E-state index contributed by atoms with van der Waals surface area (Å²) in [7, 11) is 0. The zero-order valence-electron chi connectivity index (χ0n) is 15.4. The van der Waals surface area contributed by atoms with Gasteiger partial charge in [-0.2, -0.15) is 5.10 Å². The third-order valence-electron chi connectivity index (χ3n) is 5.39. The van der Waals surface area contributed by atoms with E-state index < -0.39 is 0 Å². The summed E-state index contributed by atoms with van der Waals surface area (Å²) < 4.78 is 1.79. The minimum Gasteiger partial charge on any atom is -0.337 e. The molecule has 1 atom stereocenters. The smallest absolute Gasteiger partial charge is 0.242 e. The van der Waals surface area contributed by atoms with E-state index in [-0.39, 0.29) is 23.9 Å². The Morgan fingerprint density at radius 3 is 2.60 bits per heavy atom. The summed E-state index contributed by atoms with van der Waals surface area (Å²) in [5.74, 6) is 0.761. The number of hydrogen-bond donors (Lipinski definition) is 1.